The van der Waals surface area contributed by atoms with Crippen LogP contribution in [0.25, 0.3) is 0 Å². The van der Waals surface area contributed by atoms with E-state index >= 15 is 0 Å². The van der Waals surface area contributed by atoms with Gasteiger partial charge in [0, 0.05) is 13.0 Å². The molecule has 0 aromatic heterocycles. The third-order valence-electron chi connectivity index (χ3n) is 10.1. The van der Waals surface area contributed by atoms with Gasteiger partial charge in [0.1, 0.15) is 0 Å². The third-order valence-corrected chi connectivity index (χ3v) is 10.1. The molecule has 6 nitrogen and oxygen atoms in total. The van der Waals surface area contributed by atoms with Crippen LogP contribution in [0, 0.1) is 0 Å². The quantitative estimate of drug-likeness (QED) is 0.0376. The molecule has 0 heterocycles. The van der Waals surface area contributed by atoms with E-state index in [1.54, 1.807) is 0 Å². The van der Waals surface area contributed by atoms with E-state index in [9.17, 15) is 15.0 Å². The second-order valence-corrected chi connectivity index (χ2v) is 15.0. The second kappa shape index (κ2) is 40.1. The minimum Gasteiger partial charge on any atom is -0.466 e. The van der Waals surface area contributed by atoms with Crippen LogP contribution in [0.2, 0.25) is 0 Å². The summed E-state index contributed by atoms with van der Waals surface area (Å²) in [5.74, 6) is -0.0167. The maximum atomic E-state index is 11.7. The van der Waals surface area contributed by atoms with Crippen molar-refractivity contribution in [2.45, 2.75) is 239 Å². The number of rotatable bonds is 41. The molecule has 49 heavy (non-hydrogen) atoms. The molecule has 0 spiro atoms. The second-order valence-electron chi connectivity index (χ2n) is 15.0. The molecule has 0 rings (SSSR count). The van der Waals surface area contributed by atoms with Gasteiger partial charge in [0.25, 0.3) is 0 Å². The van der Waals surface area contributed by atoms with Crippen molar-refractivity contribution in [1.82, 2.24) is 4.90 Å². The number of nitrogens with zero attached hydrogens (tertiary/aromatic N) is 1. The van der Waals surface area contributed by atoms with Crippen LogP contribution >= 0.6 is 0 Å². The predicted molar refractivity (Wildman–Crippen MR) is 210 cm³/mol. The van der Waals surface area contributed by atoms with Gasteiger partial charge in [0.2, 0.25) is 0 Å². The minimum atomic E-state index is -0.646. The Morgan fingerprint density at radius 1 is 0.510 bits per heavy atom. The van der Waals surface area contributed by atoms with Crippen molar-refractivity contribution < 1.29 is 24.5 Å². The highest BCUT2D eigenvalue weighted by Crippen LogP contribution is 2.19. The van der Waals surface area contributed by atoms with Gasteiger partial charge < -0.3 is 24.6 Å². The van der Waals surface area contributed by atoms with E-state index < -0.39 is 6.29 Å². The minimum absolute atomic E-state index is 0.0167. The van der Waals surface area contributed by atoms with E-state index in [1.807, 2.05) is 0 Å². The van der Waals surface area contributed by atoms with Crippen molar-refractivity contribution >= 4 is 5.97 Å². The number of carbonyl (C=O) groups excluding carboxylic acids is 1. The molecule has 0 aliphatic carbocycles. The van der Waals surface area contributed by atoms with Crippen molar-refractivity contribution in [1.29, 1.82) is 0 Å². The van der Waals surface area contributed by atoms with Crippen LogP contribution in [0.15, 0.2) is 0 Å². The summed E-state index contributed by atoms with van der Waals surface area (Å²) in [5, 5.41) is 20.3. The third kappa shape index (κ3) is 36.9. The number of aliphatic hydroxyl groups excluding tert-OH is 2. The lowest BCUT2D eigenvalue weighted by Gasteiger charge is -2.23. The molecule has 0 radical (unpaired) electrons. The fourth-order valence-electron chi connectivity index (χ4n) is 6.81. The maximum Gasteiger partial charge on any atom is 0.305 e. The number of aliphatic hydroxyl groups is 2. The summed E-state index contributed by atoms with van der Waals surface area (Å²) in [6.07, 6.45) is 37.6. The lowest BCUT2D eigenvalue weighted by atomic mass is 10.0. The van der Waals surface area contributed by atoms with Crippen LogP contribution in [0.5, 0.6) is 0 Å². The molecule has 6 heteroatoms. The Kier molecular flexibility index (Phi) is 39.5. The first kappa shape index (κ1) is 48.3. The Morgan fingerprint density at radius 2 is 0.918 bits per heavy atom. The zero-order chi connectivity index (χ0) is 35.9. The summed E-state index contributed by atoms with van der Waals surface area (Å²) in [5.41, 5.74) is 0. The largest absolute Gasteiger partial charge is 0.466 e. The predicted octanol–water partition coefficient (Wildman–Crippen LogP) is 12.1. The van der Waals surface area contributed by atoms with Crippen LogP contribution in [0.3, 0.4) is 0 Å². The van der Waals surface area contributed by atoms with E-state index in [0.29, 0.717) is 19.4 Å². The smallest absolute Gasteiger partial charge is 0.305 e. The van der Waals surface area contributed by atoms with Gasteiger partial charge in [-0.15, -0.1) is 0 Å². The molecule has 2 N–H and O–H groups in total. The summed E-state index contributed by atoms with van der Waals surface area (Å²) in [7, 11) is 0. The molecule has 0 saturated heterocycles. The van der Waals surface area contributed by atoms with Crippen LogP contribution in [0.4, 0.5) is 0 Å². The van der Waals surface area contributed by atoms with Crippen LogP contribution in [0.1, 0.15) is 226 Å². The van der Waals surface area contributed by atoms with Gasteiger partial charge in [-0.2, -0.15) is 0 Å². The molecule has 0 bridgehead atoms. The first-order chi connectivity index (χ1) is 24.1. The van der Waals surface area contributed by atoms with Gasteiger partial charge in [-0.25, -0.2) is 0 Å². The SMILES string of the molecule is CCCCCCCCC(CCCCCCCC)OC(O)CCCCN(CCO)CCCCCCCCCCCCCC(=O)OCCCCC. The summed E-state index contributed by atoms with van der Waals surface area (Å²) in [6, 6.07) is 0. The lowest BCUT2D eigenvalue weighted by molar-refractivity contribution is -0.144. The Morgan fingerprint density at radius 3 is 1.43 bits per heavy atom. The van der Waals surface area contributed by atoms with Gasteiger partial charge >= 0.3 is 5.97 Å². The monoisotopic (exact) mass is 698 g/mol. The van der Waals surface area contributed by atoms with E-state index in [-0.39, 0.29) is 18.7 Å². The fourth-order valence-corrected chi connectivity index (χ4v) is 6.81. The highest BCUT2D eigenvalue weighted by molar-refractivity contribution is 5.69. The Bertz CT molecular complexity index is 632. The standard InChI is InChI=1S/C43H87NO5/c1-4-7-10-12-21-25-32-41(33-26-22-13-11-8-5-2)49-43(47)35-28-30-37-44(38-39-45)36-29-24-20-18-16-14-15-17-19-23-27-34-42(46)48-40-31-9-6-3/h41,43,45,47H,4-40H2,1-3H3. The molecule has 0 aromatic rings. The van der Waals surface area contributed by atoms with Crippen molar-refractivity contribution in [3.8, 4) is 0 Å². The molecule has 0 amide bonds. The Hall–Kier alpha value is -0.690. The molecule has 0 saturated carbocycles. The summed E-state index contributed by atoms with van der Waals surface area (Å²) in [4.78, 5) is 14.1. The number of esters is 1. The molecular formula is C43H87NO5. The summed E-state index contributed by atoms with van der Waals surface area (Å²) >= 11 is 0. The number of hydrogen-bond donors (Lipinski definition) is 2. The summed E-state index contributed by atoms with van der Waals surface area (Å²) in [6.45, 7) is 10.3. The van der Waals surface area contributed by atoms with Crippen molar-refractivity contribution in [2.24, 2.45) is 0 Å². The van der Waals surface area contributed by atoms with Gasteiger partial charge in [0.15, 0.2) is 6.29 Å². The molecule has 0 fully saturated rings. The van der Waals surface area contributed by atoms with Crippen LogP contribution in [-0.4, -0.2) is 66.3 Å². The molecule has 0 aliphatic heterocycles. The van der Waals surface area contributed by atoms with Gasteiger partial charge in [-0.05, 0) is 64.5 Å². The number of hydrogen-bond acceptors (Lipinski definition) is 6. The lowest BCUT2D eigenvalue weighted by Crippen LogP contribution is -2.29. The first-order valence-corrected chi connectivity index (χ1v) is 21.9. The average molecular weight is 698 g/mol. The molecule has 1 unspecified atom stereocenters. The van der Waals surface area contributed by atoms with E-state index in [2.05, 4.69) is 25.7 Å². The Labute approximate surface area is 306 Å². The number of unbranched alkanes of at least 4 members (excludes halogenated alkanes) is 23. The topological polar surface area (TPSA) is 79.2 Å². The molecular weight excluding hydrogens is 610 g/mol. The van der Waals surface area contributed by atoms with Crippen LogP contribution in [-0.2, 0) is 14.3 Å². The first-order valence-electron chi connectivity index (χ1n) is 21.9. The number of carbonyl (C=O) groups is 1. The van der Waals surface area contributed by atoms with E-state index in [1.165, 1.54) is 135 Å². The highest BCUT2D eigenvalue weighted by Gasteiger charge is 2.15. The van der Waals surface area contributed by atoms with E-state index in [0.717, 1.165) is 77.4 Å². The van der Waals surface area contributed by atoms with Crippen molar-refractivity contribution in [3.63, 3.8) is 0 Å². The zero-order valence-corrected chi connectivity index (χ0v) is 33.4. The van der Waals surface area contributed by atoms with Crippen LogP contribution < -0.4 is 0 Å². The highest BCUT2D eigenvalue weighted by atomic mass is 16.6. The fraction of sp³-hybridized carbons (Fsp3) is 0.977. The molecule has 1 atom stereocenters. The van der Waals surface area contributed by atoms with E-state index in [4.69, 9.17) is 9.47 Å². The van der Waals surface area contributed by atoms with Gasteiger partial charge in [-0.3, -0.25) is 4.79 Å². The Balaban J connectivity index is 3.95. The van der Waals surface area contributed by atoms with Gasteiger partial charge in [0.05, 0.1) is 19.3 Å². The normalized spacial score (nSPS) is 12.4. The molecule has 0 aromatic carbocycles. The zero-order valence-electron chi connectivity index (χ0n) is 33.4. The van der Waals surface area contributed by atoms with Crippen molar-refractivity contribution in [3.05, 3.63) is 0 Å². The molecule has 0 aliphatic rings. The maximum absolute atomic E-state index is 11.7. The summed E-state index contributed by atoms with van der Waals surface area (Å²) < 4.78 is 11.5. The molecule has 294 valence electrons. The average Bonchev–Trinajstić information content (AvgIpc) is 3.09. The van der Waals surface area contributed by atoms with Crippen molar-refractivity contribution in [2.75, 3.05) is 32.8 Å². The van der Waals surface area contributed by atoms with Gasteiger partial charge in [-0.1, -0.05) is 168 Å². The number of ether oxygens (including phenoxy) is 2.